The van der Waals surface area contributed by atoms with E-state index in [0.29, 0.717) is 39.2 Å². The van der Waals surface area contributed by atoms with E-state index in [1.54, 1.807) is 0 Å². The van der Waals surface area contributed by atoms with Gasteiger partial charge in [-0.1, -0.05) is 42.5 Å². The van der Waals surface area contributed by atoms with E-state index in [2.05, 4.69) is 25.2 Å². The number of nitrogens with one attached hydrogen (secondary N) is 1. The van der Waals surface area contributed by atoms with Gasteiger partial charge in [0.2, 0.25) is 5.91 Å². The van der Waals surface area contributed by atoms with Crippen molar-refractivity contribution in [1.82, 2.24) is 5.32 Å². The lowest BCUT2D eigenvalue weighted by atomic mass is 9.73. The fourth-order valence-electron chi connectivity index (χ4n) is 3.50. The number of ether oxygens (including phenoxy) is 2. The average molecular weight is 353 g/mol. The predicted octanol–water partition coefficient (Wildman–Crippen LogP) is 3.55. The normalized spacial score (nSPS) is 16.1. The molecule has 138 valence electrons. The minimum atomic E-state index is -0.501. The molecule has 3 rings (SSSR count). The van der Waals surface area contributed by atoms with E-state index in [-0.39, 0.29) is 5.91 Å². The van der Waals surface area contributed by atoms with Gasteiger partial charge in [0.15, 0.2) is 0 Å². The van der Waals surface area contributed by atoms with Crippen molar-refractivity contribution in [3.05, 3.63) is 65.2 Å². The molecular formula is C22H27NO3. The Bertz CT molecular complexity index is 736. The first-order chi connectivity index (χ1) is 12.6. The van der Waals surface area contributed by atoms with Crippen molar-refractivity contribution in [3.8, 4) is 5.75 Å². The monoisotopic (exact) mass is 353 g/mol. The predicted molar refractivity (Wildman–Crippen MR) is 103 cm³/mol. The third kappa shape index (κ3) is 3.91. The lowest BCUT2D eigenvalue weighted by molar-refractivity contribution is -0.130. The van der Waals surface area contributed by atoms with Crippen molar-refractivity contribution in [2.24, 2.45) is 0 Å². The first kappa shape index (κ1) is 18.5. The Morgan fingerprint density at radius 3 is 2.54 bits per heavy atom. The summed E-state index contributed by atoms with van der Waals surface area (Å²) in [5, 5.41) is 3.08. The van der Waals surface area contributed by atoms with E-state index in [4.69, 9.17) is 9.47 Å². The van der Waals surface area contributed by atoms with Crippen LogP contribution in [-0.2, 0) is 14.9 Å². The van der Waals surface area contributed by atoms with Gasteiger partial charge >= 0.3 is 0 Å². The standard InChI is InChI=1S/C22H27NO3/c1-17-7-6-10-20(18(17)2)26-16-13-23-21(24)22(11-14-25-15-12-22)19-8-4-3-5-9-19/h3-10H,11-16H2,1-2H3,(H,23,24). The van der Waals surface area contributed by atoms with Crippen molar-refractivity contribution < 1.29 is 14.3 Å². The van der Waals surface area contributed by atoms with Gasteiger partial charge in [0.25, 0.3) is 0 Å². The van der Waals surface area contributed by atoms with Crippen LogP contribution in [0.2, 0.25) is 0 Å². The number of rotatable bonds is 6. The van der Waals surface area contributed by atoms with Crippen LogP contribution in [0.3, 0.4) is 0 Å². The number of amides is 1. The van der Waals surface area contributed by atoms with Crippen LogP contribution in [0.1, 0.15) is 29.5 Å². The number of hydrogen-bond donors (Lipinski definition) is 1. The molecule has 0 saturated carbocycles. The first-order valence-electron chi connectivity index (χ1n) is 9.24. The van der Waals surface area contributed by atoms with Crippen LogP contribution >= 0.6 is 0 Å². The van der Waals surface area contributed by atoms with Gasteiger partial charge in [-0.25, -0.2) is 0 Å². The van der Waals surface area contributed by atoms with Gasteiger partial charge in [-0.05, 0) is 49.4 Å². The maximum Gasteiger partial charge on any atom is 0.230 e. The molecule has 1 fully saturated rings. The molecule has 26 heavy (non-hydrogen) atoms. The van der Waals surface area contributed by atoms with Crippen molar-refractivity contribution in [2.45, 2.75) is 32.1 Å². The van der Waals surface area contributed by atoms with Crippen molar-refractivity contribution in [3.63, 3.8) is 0 Å². The summed E-state index contributed by atoms with van der Waals surface area (Å²) >= 11 is 0. The van der Waals surface area contributed by atoms with Crippen LogP contribution in [0, 0.1) is 13.8 Å². The van der Waals surface area contributed by atoms with Gasteiger partial charge in [0.05, 0.1) is 12.0 Å². The van der Waals surface area contributed by atoms with Gasteiger partial charge in [0.1, 0.15) is 12.4 Å². The molecule has 2 aromatic rings. The van der Waals surface area contributed by atoms with Gasteiger partial charge in [0, 0.05) is 13.2 Å². The van der Waals surface area contributed by atoms with E-state index in [1.807, 2.05) is 42.5 Å². The molecule has 4 heteroatoms. The summed E-state index contributed by atoms with van der Waals surface area (Å²) in [6.07, 6.45) is 1.42. The molecule has 1 amide bonds. The van der Waals surface area contributed by atoms with Crippen molar-refractivity contribution in [2.75, 3.05) is 26.4 Å². The quantitative estimate of drug-likeness (QED) is 0.808. The Labute approximate surface area is 155 Å². The minimum Gasteiger partial charge on any atom is -0.491 e. The van der Waals surface area contributed by atoms with E-state index < -0.39 is 5.41 Å². The van der Waals surface area contributed by atoms with Crippen LogP contribution in [-0.4, -0.2) is 32.3 Å². The molecule has 1 N–H and O–H groups in total. The van der Waals surface area contributed by atoms with Gasteiger partial charge in [-0.3, -0.25) is 4.79 Å². The highest BCUT2D eigenvalue weighted by Crippen LogP contribution is 2.35. The SMILES string of the molecule is Cc1cccc(OCCNC(=O)C2(c3ccccc3)CCOCC2)c1C. The number of carbonyl (C=O) groups excluding carboxylic acids is 1. The fraction of sp³-hybridized carbons (Fsp3) is 0.409. The highest BCUT2D eigenvalue weighted by atomic mass is 16.5. The zero-order chi connectivity index (χ0) is 18.4. The van der Waals surface area contributed by atoms with Crippen LogP contribution in [0.4, 0.5) is 0 Å². The molecule has 1 aliphatic rings. The van der Waals surface area contributed by atoms with Gasteiger partial charge in [-0.2, -0.15) is 0 Å². The highest BCUT2D eigenvalue weighted by molar-refractivity contribution is 5.88. The summed E-state index contributed by atoms with van der Waals surface area (Å²) in [7, 11) is 0. The number of aryl methyl sites for hydroxylation is 1. The number of hydrogen-bond acceptors (Lipinski definition) is 3. The third-order valence-corrected chi connectivity index (χ3v) is 5.31. The third-order valence-electron chi connectivity index (χ3n) is 5.31. The molecule has 0 spiro atoms. The zero-order valence-corrected chi connectivity index (χ0v) is 15.6. The maximum atomic E-state index is 13.0. The molecule has 0 unspecified atom stereocenters. The van der Waals surface area contributed by atoms with Crippen molar-refractivity contribution >= 4 is 5.91 Å². The summed E-state index contributed by atoms with van der Waals surface area (Å²) in [6, 6.07) is 16.1. The number of carbonyl (C=O) groups is 1. The zero-order valence-electron chi connectivity index (χ0n) is 15.6. The number of benzene rings is 2. The first-order valence-corrected chi connectivity index (χ1v) is 9.24. The summed E-state index contributed by atoms with van der Waals surface area (Å²) in [5.74, 6) is 0.944. The Morgan fingerprint density at radius 2 is 1.81 bits per heavy atom. The van der Waals surface area contributed by atoms with Gasteiger partial charge < -0.3 is 14.8 Å². The molecule has 2 aromatic carbocycles. The van der Waals surface area contributed by atoms with Crippen LogP contribution in [0.25, 0.3) is 0 Å². The molecular weight excluding hydrogens is 326 g/mol. The smallest absolute Gasteiger partial charge is 0.230 e. The second-order valence-electron chi connectivity index (χ2n) is 6.86. The summed E-state index contributed by atoms with van der Waals surface area (Å²) in [4.78, 5) is 13.0. The molecule has 0 aromatic heterocycles. The molecule has 0 radical (unpaired) electrons. The topological polar surface area (TPSA) is 47.6 Å². The largest absolute Gasteiger partial charge is 0.491 e. The Kier molecular flexibility index (Phi) is 5.94. The Morgan fingerprint density at radius 1 is 1.08 bits per heavy atom. The molecule has 4 nitrogen and oxygen atoms in total. The summed E-state index contributed by atoms with van der Waals surface area (Å²) in [6.45, 7) is 6.29. The van der Waals surface area contributed by atoms with E-state index >= 15 is 0 Å². The molecule has 0 bridgehead atoms. The maximum absolute atomic E-state index is 13.0. The molecule has 1 saturated heterocycles. The highest BCUT2D eigenvalue weighted by Gasteiger charge is 2.41. The second-order valence-corrected chi connectivity index (χ2v) is 6.86. The Hall–Kier alpha value is -2.33. The molecule has 1 aliphatic heterocycles. The Balaban J connectivity index is 1.61. The van der Waals surface area contributed by atoms with Crippen molar-refractivity contribution in [1.29, 1.82) is 0 Å². The van der Waals surface area contributed by atoms with Gasteiger partial charge in [-0.15, -0.1) is 0 Å². The summed E-state index contributed by atoms with van der Waals surface area (Å²) < 4.78 is 11.4. The fourth-order valence-corrected chi connectivity index (χ4v) is 3.50. The second kappa shape index (κ2) is 8.37. The van der Waals surface area contributed by atoms with Crippen LogP contribution < -0.4 is 10.1 Å². The van der Waals surface area contributed by atoms with Crippen LogP contribution in [0.15, 0.2) is 48.5 Å². The molecule has 0 atom stereocenters. The minimum absolute atomic E-state index is 0.0663. The molecule has 1 heterocycles. The molecule has 0 aliphatic carbocycles. The average Bonchev–Trinajstić information content (AvgIpc) is 2.69. The summed E-state index contributed by atoms with van der Waals surface area (Å²) in [5.41, 5.74) is 2.91. The van der Waals surface area contributed by atoms with E-state index in [9.17, 15) is 4.79 Å². The van der Waals surface area contributed by atoms with E-state index in [0.717, 1.165) is 16.9 Å². The van der Waals surface area contributed by atoms with E-state index in [1.165, 1.54) is 5.56 Å². The lowest BCUT2D eigenvalue weighted by Crippen LogP contribution is -2.48. The van der Waals surface area contributed by atoms with Crippen LogP contribution in [0.5, 0.6) is 5.75 Å². The lowest BCUT2D eigenvalue weighted by Gasteiger charge is -2.36.